The zero-order valence-corrected chi connectivity index (χ0v) is 14.6. The Morgan fingerprint density at radius 2 is 2.00 bits per heavy atom. The lowest BCUT2D eigenvalue weighted by Gasteiger charge is -2.09. The largest absolute Gasteiger partial charge is 0.493 e. The molecule has 3 rings (SSSR count). The van der Waals surface area contributed by atoms with Gasteiger partial charge in [0.15, 0.2) is 5.78 Å². The highest BCUT2D eigenvalue weighted by atomic mass is 127. The van der Waals surface area contributed by atoms with Gasteiger partial charge >= 0.3 is 0 Å². The molecule has 5 heteroatoms. The third-order valence-electron chi connectivity index (χ3n) is 3.41. The number of benzene rings is 2. The van der Waals surface area contributed by atoms with Crippen LogP contribution in [0, 0.1) is 3.57 Å². The van der Waals surface area contributed by atoms with E-state index in [0.717, 1.165) is 26.9 Å². The van der Waals surface area contributed by atoms with Crippen molar-refractivity contribution in [3.8, 4) is 5.75 Å². The van der Waals surface area contributed by atoms with Crippen LogP contribution in [0.2, 0.25) is 10.0 Å². The van der Waals surface area contributed by atoms with E-state index in [2.05, 4.69) is 22.6 Å². The van der Waals surface area contributed by atoms with Crippen molar-refractivity contribution in [3.05, 3.63) is 60.6 Å². The summed E-state index contributed by atoms with van der Waals surface area (Å²) in [5, 5.41) is 1.20. The Hall–Kier alpha value is -0.780. The van der Waals surface area contributed by atoms with Gasteiger partial charge in [-0.1, -0.05) is 23.2 Å². The molecule has 1 aliphatic heterocycles. The van der Waals surface area contributed by atoms with Crippen LogP contribution in [0.4, 0.5) is 0 Å². The minimum Gasteiger partial charge on any atom is -0.493 e. The summed E-state index contributed by atoms with van der Waals surface area (Å²) in [7, 11) is 0. The van der Waals surface area contributed by atoms with E-state index in [1.807, 2.05) is 12.1 Å². The fourth-order valence-electron chi connectivity index (χ4n) is 2.46. The Labute approximate surface area is 146 Å². The van der Waals surface area contributed by atoms with Crippen molar-refractivity contribution in [1.82, 2.24) is 0 Å². The second-order valence-corrected chi connectivity index (χ2v) is 6.91. The van der Waals surface area contributed by atoms with Crippen molar-refractivity contribution < 1.29 is 9.53 Å². The molecule has 0 atom stereocenters. The third-order valence-corrected chi connectivity index (χ3v) is 4.80. The van der Waals surface area contributed by atoms with Crippen molar-refractivity contribution in [2.45, 2.75) is 12.8 Å². The Kier molecular flexibility index (Phi) is 4.43. The number of Topliss-reactive ketones (excluding diaryl/α,β-unsaturated/α-hetero) is 1. The van der Waals surface area contributed by atoms with Crippen LogP contribution in [0.3, 0.4) is 0 Å². The molecule has 0 aromatic heterocycles. The van der Waals surface area contributed by atoms with Gasteiger partial charge in [-0.25, -0.2) is 0 Å². The normalized spacial score (nSPS) is 12.9. The van der Waals surface area contributed by atoms with Crippen LogP contribution in [0.15, 0.2) is 30.3 Å². The van der Waals surface area contributed by atoms with Crippen molar-refractivity contribution in [1.29, 1.82) is 0 Å². The number of fused-ring (bicyclic) bond motifs is 1. The van der Waals surface area contributed by atoms with Gasteiger partial charge in [-0.2, -0.15) is 0 Å². The quantitative estimate of drug-likeness (QED) is 0.506. The molecule has 21 heavy (non-hydrogen) atoms. The molecule has 0 saturated heterocycles. The molecular formula is C16H11Cl2IO2. The summed E-state index contributed by atoms with van der Waals surface area (Å²) in [6.45, 7) is 0.644. The van der Waals surface area contributed by atoms with Gasteiger partial charge in [0.25, 0.3) is 0 Å². The minimum atomic E-state index is 0.0156. The zero-order chi connectivity index (χ0) is 15.0. The Morgan fingerprint density at radius 1 is 1.19 bits per heavy atom. The predicted octanol–water partition coefficient (Wildman–Crippen LogP) is 4.96. The van der Waals surface area contributed by atoms with Gasteiger partial charge in [0.2, 0.25) is 0 Å². The average molecular weight is 433 g/mol. The maximum Gasteiger partial charge on any atom is 0.168 e. The lowest BCUT2D eigenvalue weighted by atomic mass is 10.00. The number of hydrogen-bond acceptors (Lipinski definition) is 2. The molecule has 0 spiro atoms. The highest BCUT2D eigenvalue weighted by molar-refractivity contribution is 14.1. The number of carbonyl (C=O) groups excluding carboxylic acids is 1. The van der Waals surface area contributed by atoms with Gasteiger partial charge in [-0.3, -0.25) is 4.79 Å². The van der Waals surface area contributed by atoms with E-state index in [9.17, 15) is 4.79 Å². The maximum atomic E-state index is 12.5. The van der Waals surface area contributed by atoms with Crippen LogP contribution in [-0.4, -0.2) is 12.4 Å². The first-order valence-corrected chi connectivity index (χ1v) is 8.30. The number of halogens is 3. The summed E-state index contributed by atoms with van der Waals surface area (Å²) >= 11 is 14.2. The first-order valence-electron chi connectivity index (χ1n) is 6.47. The fourth-order valence-corrected chi connectivity index (χ4v) is 3.53. The van der Waals surface area contributed by atoms with E-state index >= 15 is 0 Å². The van der Waals surface area contributed by atoms with Gasteiger partial charge in [-0.05, 0) is 58.5 Å². The second kappa shape index (κ2) is 6.15. The molecule has 2 aromatic carbocycles. The molecule has 1 heterocycles. The summed E-state index contributed by atoms with van der Waals surface area (Å²) < 4.78 is 6.53. The van der Waals surface area contributed by atoms with E-state index < -0.39 is 0 Å². The Balaban J connectivity index is 1.94. The molecule has 0 N–H and O–H groups in total. The fraction of sp³-hybridized carbons (Fsp3) is 0.188. The van der Waals surface area contributed by atoms with Crippen molar-refractivity contribution in [3.63, 3.8) is 0 Å². The average Bonchev–Trinajstić information content (AvgIpc) is 2.89. The summed E-state index contributed by atoms with van der Waals surface area (Å²) in [6.07, 6.45) is 1.10. The topological polar surface area (TPSA) is 26.3 Å². The summed E-state index contributed by atoms with van der Waals surface area (Å²) in [4.78, 5) is 12.5. The molecule has 108 valence electrons. The smallest absolute Gasteiger partial charge is 0.168 e. The SMILES string of the molecule is O=C(Cc1cc(Cl)cc2c1OCC2)c1cc(Cl)ccc1I. The van der Waals surface area contributed by atoms with Crippen LogP contribution in [0.25, 0.3) is 0 Å². The van der Waals surface area contributed by atoms with E-state index in [-0.39, 0.29) is 12.2 Å². The van der Waals surface area contributed by atoms with Crippen molar-refractivity contribution in [2.75, 3.05) is 6.61 Å². The Morgan fingerprint density at radius 3 is 2.81 bits per heavy atom. The molecule has 0 fully saturated rings. The third kappa shape index (κ3) is 3.20. The summed E-state index contributed by atoms with van der Waals surface area (Å²) in [5.74, 6) is 0.826. The number of ether oxygens (including phenoxy) is 1. The molecule has 2 nitrogen and oxygen atoms in total. The van der Waals surface area contributed by atoms with E-state index in [1.54, 1.807) is 18.2 Å². The van der Waals surface area contributed by atoms with E-state index in [4.69, 9.17) is 27.9 Å². The molecule has 0 saturated carbocycles. The van der Waals surface area contributed by atoms with Crippen LogP contribution in [-0.2, 0) is 12.8 Å². The molecule has 2 aromatic rings. The number of ketones is 1. The molecule has 0 aliphatic carbocycles. The lowest BCUT2D eigenvalue weighted by molar-refractivity contribution is 0.0991. The number of rotatable bonds is 3. The Bertz CT molecular complexity index is 728. The highest BCUT2D eigenvalue weighted by Crippen LogP contribution is 2.34. The first kappa shape index (κ1) is 15.1. The van der Waals surface area contributed by atoms with Gasteiger partial charge < -0.3 is 4.74 Å². The van der Waals surface area contributed by atoms with E-state index in [1.165, 1.54) is 0 Å². The molecular weight excluding hydrogens is 422 g/mol. The predicted molar refractivity (Wildman–Crippen MR) is 92.9 cm³/mol. The molecule has 0 amide bonds. The van der Waals surface area contributed by atoms with Crippen LogP contribution >= 0.6 is 45.8 Å². The van der Waals surface area contributed by atoms with Crippen LogP contribution in [0.5, 0.6) is 5.75 Å². The summed E-state index contributed by atoms with van der Waals surface area (Å²) in [6, 6.07) is 9.04. The molecule has 0 radical (unpaired) electrons. The van der Waals surface area contributed by atoms with Crippen molar-refractivity contribution in [2.24, 2.45) is 0 Å². The standard InChI is InChI=1S/C16H11Cl2IO2/c17-11-1-2-14(19)13(8-11)15(20)7-10-6-12(18)5-9-3-4-21-16(9)10/h1-2,5-6,8H,3-4,7H2. The lowest BCUT2D eigenvalue weighted by Crippen LogP contribution is -2.07. The van der Waals surface area contributed by atoms with Crippen molar-refractivity contribution >= 4 is 51.6 Å². The van der Waals surface area contributed by atoms with Crippen LogP contribution < -0.4 is 4.74 Å². The van der Waals surface area contributed by atoms with Gasteiger partial charge in [0.05, 0.1) is 6.61 Å². The molecule has 0 bridgehead atoms. The first-order chi connectivity index (χ1) is 10.0. The number of hydrogen-bond donors (Lipinski definition) is 0. The van der Waals surface area contributed by atoms with Gasteiger partial charge in [0.1, 0.15) is 5.75 Å². The minimum absolute atomic E-state index is 0.0156. The maximum absolute atomic E-state index is 12.5. The molecule has 1 aliphatic rings. The van der Waals surface area contributed by atoms with Gasteiger partial charge in [0, 0.05) is 37.6 Å². The monoisotopic (exact) mass is 432 g/mol. The summed E-state index contributed by atoms with van der Waals surface area (Å²) in [5.41, 5.74) is 2.55. The highest BCUT2D eigenvalue weighted by Gasteiger charge is 2.20. The number of carbonyl (C=O) groups is 1. The molecule has 0 unspecified atom stereocenters. The van der Waals surface area contributed by atoms with Crippen LogP contribution in [0.1, 0.15) is 21.5 Å². The second-order valence-electron chi connectivity index (χ2n) is 4.88. The van der Waals surface area contributed by atoms with E-state index in [0.29, 0.717) is 22.2 Å². The van der Waals surface area contributed by atoms with Gasteiger partial charge in [-0.15, -0.1) is 0 Å². The zero-order valence-electron chi connectivity index (χ0n) is 11.0.